The summed E-state index contributed by atoms with van der Waals surface area (Å²) in [5.74, 6) is -0.451. The monoisotopic (exact) mass is 412 g/mol. The molecule has 3 aromatic carbocycles. The molecule has 0 saturated heterocycles. The Morgan fingerprint density at radius 3 is 1.97 bits per heavy atom. The Hall–Kier alpha value is -2.90. The third-order valence-corrected chi connectivity index (χ3v) is 6.13. The third kappa shape index (κ3) is 3.83. The SMILES string of the molecule is CS(=O)(=O)N(C[C@@H](O)Cn1c2ccccc2c2ccccc21)c1ccc(F)cc1. The van der Waals surface area contributed by atoms with Crippen molar-refractivity contribution in [3.63, 3.8) is 0 Å². The Kier molecular flexibility index (Phi) is 5.02. The third-order valence-electron chi connectivity index (χ3n) is 4.96. The molecule has 0 aliphatic rings. The first-order valence-corrected chi connectivity index (χ1v) is 11.1. The lowest BCUT2D eigenvalue weighted by Gasteiger charge is -2.25. The quantitative estimate of drug-likeness (QED) is 0.525. The second-order valence-electron chi connectivity index (χ2n) is 7.07. The zero-order valence-corrected chi connectivity index (χ0v) is 16.7. The molecule has 1 N–H and O–H groups in total. The average molecular weight is 412 g/mol. The van der Waals surface area contributed by atoms with Gasteiger partial charge in [0.05, 0.1) is 31.1 Å². The van der Waals surface area contributed by atoms with Crippen LogP contribution in [0.5, 0.6) is 0 Å². The van der Waals surface area contributed by atoms with Crippen LogP contribution in [0.2, 0.25) is 0 Å². The van der Waals surface area contributed by atoms with E-state index in [0.29, 0.717) is 5.69 Å². The molecule has 0 fully saturated rings. The van der Waals surface area contributed by atoms with Crippen molar-refractivity contribution in [2.75, 3.05) is 17.1 Å². The number of benzene rings is 3. The molecule has 4 rings (SSSR count). The maximum Gasteiger partial charge on any atom is 0.232 e. The van der Waals surface area contributed by atoms with E-state index in [1.807, 2.05) is 53.1 Å². The number of halogens is 1. The van der Waals surface area contributed by atoms with Crippen LogP contribution in [0.4, 0.5) is 10.1 Å². The van der Waals surface area contributed by atoms with Gasteiger partial charge in [0, 0.05) is 21.8 Å². The van der Waals surface area contributed by atoms with E-state index in [1.54, 1.807) is 0 Å². The molecule has 4 aromatic rings. The van der Waals surface area contributed by atoms with Gasteiger partial charge in [-0.05, 0) is 36.4 Å². The molecule has 0 spiro atoms. The predicted octanol–water partition coefficient (Wildman–Crippen LogP) is 3.76. The van der Waals surface area contributed by atoms with E-state index in [2.05, 4.69) is 0 Å². The topological polar surface area (TPSA) is 62.5 Å². The van der Waals surface area contributed by atoms with E-state index in [9.17, 15) is 17.9 Å². The Bertz CT molecular complexity index is 1210. The summed E-state index contributed by atoms with van der Waals surface area (Å²) >= 11 is 0. The summed E-state index contributed by atoms with van der Waals surface area (Å²) in [4.78, 5) is 0. The van der Waals surface area contributed by atoms with Crippen molar-refractivity contribution in [3.8, 4) is 0 Å². The molecule has 1 aromatic heterocycles. The van der Waals surface area contributed by atoms with Crippen molar-refractivity contribution < 1.29 is 17.9 Å². The Morgan fingerprint density at radius 2 is 1.45 bits per heavy atom. The molecule has 1 heterocycles. The van der Waals surface area contributed by atoms with E-state index in [1.165, 1.54) is 24.3 Å². The summed E-state index contributed by atoms with van der Waals surface area (Å²) in [6.45, 7) is 0.0898. The number of para-hydroxylation sites is 2. The molecular formula is C22H21FN2O3S. The Labute approximate surface area is 168 Å². The maximum absolute atomic E-state index is 13.2. The largest absolute Gasteiger partial charge is 0.389 e. The van der Waals surface area contributed by atoms with Crippen LogP contribution in [0.1, 0.15) is 0 Å². The lowest BCUT2D eigenvalue weighted by molar-refractivity contribution is 0.166. The molecular weight excluding hydrogens is 391 g/mol. The van der Waals surface area contributed by atoms with Crippen molar-refractivity contribution in [1.82, 2.24) is 4.57 Å². The number of aliphatic hydroxyl groups is 1. The highest BCUT2D eigenvalue weighted by atomic mass is 32.2. The molecule has 150 valence electrons. The summed E-state index contributed by atoms with van der Waals surface area (Å²) < 4.78 is 40.9. The van der Waals surface area contributed by atoms with Crippen LogP contribution in [0, 0.1) is 5.82 Å². The van der Waals surface area contributed by atoms with Gasteiger partial charge in [0.2, 0.25) is 10.0 Å². The van der Waals surface area contributed by atoms with Crippen LogP contribution in [-0.2, 0) is 16.6 Å². The lowest BCUT2D eigenvalue weighted by Crippen LogP contribution is -2.38. The van der Waals surface area contributed by atoms with Crippen LogP contribution in [-0.4, -0.2) is 37.0 Å². The van der Waals surface area contributed by atoms with Gasteiger partial charge in [-0.25, -0.2) is 12.8 Å². The Balaban J connectivity index is 1.68. The number of nitrogens with zero attached hydrogens (tertiary/aromatic N) is 2. The normalized spacial score (nSPS) is 13.1. The van der Waals surface area contributed by atoms with Crippen molar-refractivity contribution in [1.29, 1.82) is 0 Å². The fourth-order valence-electron chi connectivity index (χ4n) is 3.70. The first-order chi connectivity index (χ1) is 13.8. The fourth-order valence-corrected chi connectivity index (χ4v) is 4.65. The number of hydrogen-bond acceptors (Lipinski definition) is 3. The van der Waals surface area contributed by atoms with Crippen LogP contribution in [0.3, 0.4) is 0 Å². The summed E-state index contributed by atoms with van der Waals surface area (Å²) in [6, 6.07) is 21.0. The number of anilines is 1. The van der Waals surface area contributed by atoms with Gasteiger partial charge in [0.15, 0.2) is 0 Å². The van der Waals surface area contributed by atoms with Gasteiger partial charge in [-0.3, -0.25) is 4.31 Å². The molecule has 0 bridgehead atoms. The second-order valence-corrected chi connectivity index (χ2v) is 8.98. The summed E-state index contributed by atoms with van der Waals surface area (Å²) in [5.41, 5.74) is 2.26. The average Bonchev–Trinajstić information content (AvgIpc) is 3.00. The molecule has 0 aliphatic carbocycles. The zero-order chi connectivity index (χ0) is 20.6. The van der Waals surface area contributed by atoms with Gasteiger partial charge in [-0.1, -0.05) is 36.4 Å². The molecule has 0 aliphatic heterocycles. The van der Waals surface area contributed by atoms with E-state index < -0.39 is 21.9 Å². The number of aromatic nitrogens is 1. The van der Waals surface area contributed by atoms with Crippen LogP contribution < -0.4 is 4.31 Å². The number of hydrogen-bond donors (Lipinski definition) is 1. The molecule has 5 nitrogen and oxygen atoms in total. The lowest BCUT2D eigenvalue weighted by atomic mass is 10.2. The second kappa shape index (κ2) is 7.50. The van der Waals surface area contributed by atoms with Crippen molar-refractivity contribution in [3.05, 3.63) is 78.6 Å². The van der Waals surface area contributed by atoms with E-state index in [-0.39, 0.29) is 13.1 Å². The minimum atomic E-state index is -3.65. The van der Waals surface area contributed by atoms with E-state index >= 15 is 0 Å². The minimum Gasteiger partial charge on any atom is -0.389 e. The first kappa shape index (κ1) is 19.4. The van der Waals surface area contributed by atoms with Gasteiger partial charge in [-0.15, -0.1) is 0 Å². The minimum absolute atomic E-state index is 0.134. The summed E-state index contributed by atoms with van der Waals surface area (Å²) in [6.07, 6.45) is 0.109. The van der Waals surface area contributed by atoms with Gasteiger partial charge in [-0.2, -0.15) is 0 Å². The van der Waals surface area contributed by atoms with Gasteiger partial charge < -0.3 is 9.67 Å². The van der Waals surface area contributed by atoms with E-state index in [4.69, 9.17) is 0 Å². The fraction of sp³-hybridized carbons (Fsp3) is 0.182. The molecule has 0 saturated carbocycles. The van der Waals surface area contributed by atoms with Crippen LogP contribution >= 0.6 is 0 Å². The maximum atomic E-state index is 13.2. The predicted molar refractivity (Wildman–Crippen MR) is 114 cm³/mol. The van der Waals surface area contributed by atoms with Gasteiger partial charge in [0.25, 0.3) is 0 Å². The standard InChI is InChI=1S/C22H21FN2O3S/c1-29(27,28)25(17-12-10-16(23)11-13-17)15-18(26)14-24-21-8-4-2-6-19(21)20-7-3-5-9-22(20)24/h2-13,18,26H,14-15H2,1H3/t18-/m0/s1. The Morgan fingerprint density at radius 1 is 0.931 bits per heavy atom. The van der Waals surface area contributed by atoms with Crippen molar-refractivity contribution in [2.45, 2.75) is 12.6 Å². The molecule has 7 heteroatoms. The van der Waals surface area contributed by atoms with Crippen molar-refractivity contribution in [2.24, 2.45) is 0 Å². The summed E-state index contributed by atoms with van der Waals surface area (Å²) in [5, 5.41) is 12.9. The highest BCUT2D eigenvalue weighted by Gasteiger charge is 2.22. The molecule has 0 unspecified atom stereocenters. The highest BCUT2D eigenvalue weighted by molar-refractivity contribution is 7.92. The first-order valence-electron chi connectivity index (χ1n) is 9.22. The summed E-state index contributed by atoms with van der Waals surface area (Å²) in [7, 11) is -3.65. The van der Waals surface area contributed by atoms with Gasteiger partial charge in [0.1, 0.15) is 5.82 Å². The number of rotatable bonds is 6. The smallest absolute Gasteiger partial charge is 0.232 e. The molecule has 1 atom stereocenters. The molecule has 0 radical (unpaired) electrons. The zero-order valence-electron chi connectivity index (χ0n) is 15.9. The van der Waals surface area contributed by atoms with Crippen molar-refractivity contribution >= 4 is 37.5 Å². The number of aliphatic hydroxyl groups excluding tert-OH is 1. The molecule has 0 amide bonds. The van der Waals surface area contributed by atoms with Crippen LogP contribution in [0.15, 0.2) is 72.8 Å². The number of fused-ring (bicyclic) bond motifs is 3. The highest BCUT2D eigenvalue weighted by Crippen LogP contribution is 2.29. The number of sulfonamides is 1. The van der Waals surface area contributed by atoms with E-state index in [0.717, 1.165) is 32.4 Å². The van der Waals surface area contributed by atoms with Gasteiger partial charge >= 0.3 is 0 Å². The van der Waals surface area contributed by atoms with Crippen LogP contribution in [0.25, 0.3) is 21.8 Å². The molecule has 29 heavy (non-hydrogen) atoms.